The fourth-order valence-electron chi connectivity index (χ4n) is 2.82. The van der Waals surface area contributed by atoms with Gasteiger partial charge in [0.1, 0.15) is 0 Å². The van der Waals surface area contributed by atoms with Gasteiger partial charge in [-0.3, -0.25) is 9.59 Å². The van der Waals surface area contributed by atoms with Gasteiger partial charge in [-0.1, -0.05) is 26.8 Å². The van der Waals surface area contributed by atoms with Gasteiger partial charge < -0.3 is 9.80 Å². The van der Waals surface area contributed by atoms with Gasteiger partial charge in [0.05, 0.1) is 0 Å². The fraction of sp³-hybridized carbons (Fsp3) is 0.667. The van der Waals surface area contributed by atoms with Crippen molar-refractivity contribution in [2.24, 2.45) is 5.41 Å². The fourth-order valence-corrected chi connectivity index (χ4v) is 3.53. The van der Waals surface area contributed by atoms with Crippen LogP contribution in [0.4, 0.5) is 0 Å². The molecule has 23 heavy (non-hydrogen) atoms. The Morgan fingerprint density at radius 1 is 1.09 bits per heavy atom. The normalized spacial score (nSPS) is 16.3. The second-order valence-corrected chi connectivity index (χ2v) is 8.46. The quantitative estimate of drug-likeness (QED) is 0.847. The monoisotopic (exact) mass is 336 g/mol. The average molecular weight is 337 g/mol. The first-order valence-electron chi connectivity index (χ1n) is 8.43. The molecule has 2 amide bonds. The maximum absolute atomic E-state index is 12.4. The molecule has 0 bridgehead atoms. The Morgan fingerprint density at radius 3 is 2.30 bits per heavy atom. The minimum Gasteiger partial charge on any atom is -0.341 e. The lowest BCUT2D eigenvalue weighted by Gasteiger charge is -2.25. The molecule has 0 atom stereocenters. The lowest BCUT2D eigenvalue weighted by Crippen LogP contribution is -2.38. The van der Waals surface area contributed by atoms with Gasteiger partial charge in [-0.15, -0.1) is 11.3 Å². The second-order valence-electron chi connectivity index (χ2n) is 7.43. The first-order valence-corrected chi connectivity index (χ1v) is 9.31. The molecule has 4 nitrogen and oxygen atoms in total. The third kappa shape index (κ3) is 5.98. The summed E-state index contributed by atoms with van der Waals surface area (Å²) in [5.41, 5.74) is 0.0135. The average Bonchev–Trinajstić information content (AvgIpc) is 2.85. The summed E-state index contributed by atoms with van der Waals surface area (Å²) in [5, 5.41) is 2.05. The minimum atomic E-state index is 0.0135. The summed E-state index contributed by atoms with van der Waals surface area (Å²) in [4.78, 5) is 29.8. The van der Waals surface area contributed by atoms with Crippen LogP contribution in [0, 0.1) is 5.41 Å². The maximum atomic E-state index is 12.4. The summed E-state index contributed by atoms with van der Waals surface area (Å²) >= 11 is 1.70. The number of amides is 2. The van der Waals surface area contributed by atoms with Crippen molar-refractivity contribution >= 4 is 23.2 Å². The zero-order valence-corrected chi connectivity index (χ0v) is 15.3. The number of carbonyl (C=O) groups excluding carboxylic acids is 2. The highest BCUT2D eigenvalue weighted by atomic mass is 32.1. The predicted octanol–water partition coefficient (Wildman–Crippen LogP) is 3.18. The van der Waals surface area contributed by atoms with Gasteiger partial charge >= 0.3 is 0 Å². The first-order chi connectivity index (χ1) is 10.8. The van der Waals surface area contributed by atoms with Crippen molar-refractivity contribution in [3.63, 3.8) is 0 Å². The van der Waals surface area contributed by atoms with Gasteiger partial charge in [-0.2, -0.15) is 0 Å². The SMILES string of the molecule is CC(C)(C)CC(=O)N1CCCN(C(=O)CCc2cccs2)CC1. The van der Waals surface area contributed by atoms with Crippen LogP contribution in [-0.2, 0) is 16.0 Å². The molecule has 2 heterocycles. The molecule has 0 spiro atoms. The molecule has 128 valence electrons. The van der Waals surface area contributed by atoms with E-state index in [1.807, 2.05) is 21.2 Å². The lowest BCUT2D eigenvalue weighted by atomic mass is 9.91. The van der Waals surface area contributed by atoms with Gasteiger partial charge in [0, 0.05) is 43.9 Å². The zero-order valence-electron chi connectivity index (χ0n) is 14.5. The molecule has 0 N–H and O–H groups in total. The van der Waals surface area contributed by atoms with E-state index in [-0.39, 0.29) is 17.2 Å². The third-order valence-corrected chi connectivity index (χ3v) is 4.98. The topological polar surface area (TPSA) is 40.6 Å². The van der Waals surface area contributed by atoms with Gasteiger partial charge in [0.15, 0.2) is 0 Å². The Balaban J connectivity index is 1.80. The largest absolute Gasteiger partial charge is 0.341 e. The van der Waals surface area contributed by atoms with Crippen LogP contribution in [0.3, 0.4) is 0 Å². The Morgan fingerprint density at radius 2 is 1.74 bits per heavy atom. The van der Waals surface area contributed by atoms with Crippen molar-refractivity contribution in [1.82, 2.24) is 9.80 Å². The highest BCUT2D eigenvalue weighted by molar-refractivity contribution is 7.09. The van der Waals surface area contributed by atoms with Crippen molar-refractivity contribution in [3.05, 3.63) is 22.4 Å². The maximum Gasteiger partial charge on any atom is 0.223 e. The number of hydrogen-bond acceptors (Lipinski definition) is 3. The zero-order chi connectivity index (χ0) is 16.9. The molecule has 1 aromatic heterocycles. The van der Waals surface area contributed by atoms with Crippen LogP contribution in [0.2, 0.25) is 0 Å². The molecule has 0 aliphatic carbocycles. The van der Waals surface area contributed by atoms with E-state index in [4.69, 9.17) is 0 Å². The van der Waals surface area contributed by atoms with Crippen LogP contribution in [0.1, 0.15) is 44.9 Å². The summed E-state index contributed by atoms with van der Waals surface area (Å²) in [6, 6.07) is 4.10. The first kappa shape index (κ1) is 18.0. The van der Waals surface area contributed by atoms with Crippen molar-refractivity contribution < 1.29 is 9.59 Å². The van der Waals surface area contributed by atoms with Crippen LogP contribution < -0.4 is 0 Å². The summed E-state index contributed by atoms with van der Waals surface area (Å²) < 4.78 is 0. The van der Waals surface area contributed by atoms with Crippen molar-refractivity contribution in [1.29, 1.82) is 0 Å². The Bertz CT molecular complexity index is 520. The second kappa shape index (κ2) is 7.95. The molecule has 2 rings (SSSR count). The Kier molecular flexibility index (Phi) is 6.22. The molecule has 0 aromatic carbocycles. The molecule has 5 heteroatoms. The smallest absolute Gasteiger partial charge is 0.223 e. The molecule has 0 radical (unpaired) electrons. The molecular formula is C18H28N2O2S. The molecule has 1 saturated heterocycles. The van der Waals surface area contributed by atoms with E-state index in [0.717, 1.165) is 25.9 Å². The number of hydrogen-bond donors (Lipinski definition) is 0. The van der Waals surface area contributed by atoms with Gasteiger partial charge in [0.2, 0.25) is 11.8 Å². The van der Waals surface area contributed by atoms with Crippen molar-refractivity contribution in [2.75, 3.05) is 26.2 Å². The van der Waals surface area contributed by atoms with E-state index in [0.29, 0.717) is 25.9 Å². The summed E-state index contributed by atoms with van der Waals surface area (Å²) in [5.74, 6) is 0.425. The van der Waals surface area contributed by atoms with Crippen LogP contribution in [0.5, 0.6) is 0 Å². The number of nitrogens with zero attached hydrogens (tertiary/aromatic N) is 2. The molecule has 1 aliphatic heterocycles. The van der Waals surface area contributed by atoms with E-state index in [9.17, 15) is 9.59 Å². The molecule has 0 saturated carbocycles. The van der Waals surface area contributed by atoms with Gasteiger partial charge in [0.25, 0.3) is 0 Å². The number of aryl methyl sites for hydroxylation is 1. The van der Waals surface area contributed by atoms with Crippen LogP contribution in [-0.4, -0.2) is 47.8 Å². The predicted molar refractivity (Wildman–Crippen MR) is 94.5 cm³/mol. The summed E-state index contributed by atoms with van der Waals surface area (Å²) in [6.07, 6.45) is 2.83. The highest BCUT2D eigenvalue weighted by Crippen LogP contribution is 2.20. The van der Waals surface area contributed by atoms with Crippen LogP contribution >= 0.6 is 11.3 Å². The molecule has 0 unspecified atom stereocenters. The number of carbonyl (C=O) groups is 2. The highest BCUT2D eigenvalue weighted by Gasteiger charge is 2.24. The summed E-state index contributed by atoms with van der Waals surface area (Å²) in [6.45, 7) is 9.13. The van der Waals surface area contributed by atoms with Crippen LogP contribution in [0.15, 0.2) is 17.5 Å². The van der Waals surface area contributed by atoms with E-state index in [2.05, 4.69) is 26.8 Å². The minimum absolute atomic E-state index is 0.0135. The third-order valence-electron chi connectivity index (χ3n) is 4.05. The Labute approximate surface area is 143 Å². The molecule has 1 aliphatic rings. The summed E-state index contributed by atoms with van der Waals surface area (Å²) in [7, 11) is 0. The van der Waals surface area contributed by atoms with Crippen LogP contribution in [0.25, 0.3) is 0 Å². The van der Waals surface area contributed by atoms with E-state index >= 15 is 0 Å². The number of thiophene rings is 1. The Hall–Kier alpha value is -1.36. The van der Waals surface area contributed by atoms with E-state index < -0.39 is 0 Å². The van der Waals surface area contributed by atoms with E-state index in [1.54, 1.807) is 11.3 Å². The van der Waals surface area contributed by atoms with Gasteiger partial charge in [-0.25, -0.2) is 0 Å². The molecule has 1 aromatic rings. The standard InChI is InChI=1S/C18H28N2O2S/c1-18(2,3)14-17(22)20-10-5-9-19(11-12-20)16(21)8-7-15-6-4-13-23-15/h4,6,13H,5,7-12,14H2,1-3H3. The molecule has 1 fully saturated rings. The molecular weight excluding hydrogens is 308 g/mol. The lowest BCUT2D eigenvalue weighted by molar-refractivity contribution is -0.134. The van der Waals surface area contributed by atoms with Crippen molar-refractivity contribution in [3.8, 4) is 0 Å². The van der Waals surface area contributed by atoms with Gasteiger partial charge in [-0.05, 0) is 29.7 Å². The van der Waals surface area contributed by atoms with Crippen molar-refractivity contribution in [2.45, 2.75) is 46.5 Å². The van der Waals surface area contributed by atoms with E-state index in [1.165, 1.54) is 4.88 Å². The number of rotatable bonds is 4.